The van der Waals surface area contributed by atoms with Gasteiger partial charge in [-0.3, -0.25) is 0 Å². The Morgan fingerprint density at radius 3 is 2.70 bits per heavy atom. The molecule has 0 atom stereocenters. The Balaban J connectivity index is 1.94. The molecule has 0 N–H and O–H groups in total. The second-order valence-corrected chi connectivity index (χ2v) is 5.38. The van der Waals surface area contributed by atoms with Crippen molar-refractivity contribution in [3.05, 3.63) is 64.3 Å². The molecule has 0 saturated heterocycles. The lowest BCUT2D eigenvalue weighted by atomic mass is 10.2. The number of hydrogen-bond acceptors (Lipinski definition) is 3. The van der Waals surface area contributed by atoms with Gasteiger partial charge in [0.05, 0.1) is 11.2 Å². The van der Waals surface area contributed by atoms with Gasteiger partial charge in [0.2, 0.25) is 0 Å². The number of nitrogens with zero attached hydrogens (tertiary/aromatic N) is 3. The fraction of sp³-hybridized carbons (Fsp3) is 0.0625. The molecule has 0 aliphatic rings. The molecule has 0 bridgehead atoms. The van der Waals surface area contributed by atoms with Crippen molar-refractivity contribution in [3.63, 3.8) is 0 Å². The normalized spacial score (nSPS) is 11.3. The minimum atomic E-state index is 0.695. The molecule has 0 amide bonds. The maximum atomic E-state index is 4.60. The smallest absolute Gasteiger partial charge is 0.152 e. The molecule has 2 aromatic heterocycles. The molecule has 0 saturated carbocycles. The number of benzene rings is 1. The van der Waals surface area contributed by atoms with Crippen LogP contribution < -0.4 is 0 Å². The predicted octanol–water partition coefficient (Wildman–Crippen LogP) is 4.27. The molecule has 4 heteroatoms. The van der Waals surface area contributed by atoms with E-state index in [0.717, 1.165) is 26.8 Å². The Hall–Kier alpha value is -2.07. The zero-order chi connectivity index (χ0) is 13.9. The zero-order valence-corrected chi connectivity index (χ0v) is 12.5. The quantitative estimate of drug-likeness (QED) is 0.706. The summed E-state index contributed by atoms with van der Waals surface area (Å²) in [7, 11) is 0. The molecule has 0 fully saturated rings. The Labute approximate surface area is 125 Å². The maximum Gasteiger partial charge on any atom is 0.152 e. The van der Waals surface area contributed by atoms with Crippen molar-refractivity contribution in [3.8, 4) is 0 Å². The standard InChI is InChI=1S/C16H12BrN3/c1-11-8-9-18-16(19-11)7-6-14-5-3-12-2-4-13(17)10-15(12)20-14/h2-10H,1H3/b7-6+. The summed E-state index contributed by atoms with van der Waals surface area (Å²) in [5, 5.41) is 1.12. The highest BCUT2D eigenvalue weighted by atomic mass is 79.9. The SMILES string of the molecule is Cc1ccnc(/C=C/c2ccc3ccc(Br)cc3n2)n1. The first-order chi connectivity index (χ1) is 9.70. The van der Waals surface area contributed by atoms with Crippen molar-refractivity contribution in [2.24, 2.45) is 0 Å². The van der Waals surface area contributed by atoms with Gasteiger partial charge < -0.3 is 0 Å². The molecule has 0 unspecified atom stereocenters. The summed E-state index contributed by atoms with van der Waals surface area (Å²) in [6.45, 7) is 1.95. The van der Waals surface area contributed by atoms with Crippen molar-refractivity contribution >= 4 is 39.0 Å². The van der Waals surface area contributed by atoms with Crippen LogP contribution in [0, 0.1) is 6.92 Å². The number of rotatable bonds is 2. The molecule has 98 valence electrons. The van der Waals surface area contributed by atoms with Gasteiger partial charge in [0.15, 0.2) is 5.82 Å². The molecule has 3 rings (SSSR count). The van der Waals surface area contributed by atoms with E-state index in [1.165, 1.54) is 0 Å². The number of halogens is 1. The van der Waals surface area contributed by atoms with Gasteiger partial charge in [0, 0.05) is 21.7 Å². The monoisotopic (exact) mass is 325 g/mol. The van der Waals surface area contributed by atoms with Gasteiger partial charge in [-0.25, -0.2) is 15.0 Å². The number of aryl methyl sites for hydroxylation is 1. The van der Waals surface area contributed by atoms with Gasteiger partial charge in [-0.2, -0.15) is 0 Å². The van der Waals surface area contributed by atoms with Crippen LogP contribution in [0.1, 0.15) is 17.2 Å². The van der Waals surface area contributed by atoms with E-state index in [2.05, 4.69) is 36.9 Å². The average Bonchev–Trinajstić information content (AvgIpc) is 2.45. The third kappa shape index (κ3) is 2.91. The van der Waals surface area contributed by atoms with Gasteiger partial charge in [0.1, 0.15) is 0 Å². The summed E-state index contributed by atoms with van der Waals surface area (Å²) < 4.78 is 1.03. The molecule has 20 heavy (non-hydrogen) atoms. The highest BCUT2D eigenvalue weighted by Crippen LogP contribution is 2.19. The van der Waals surface area contributed by atoms with E-state index < -0.39 is 0 Å². The van der Waals surface area contributed by atoms with Crippen molar-refractivity contribution in [2.75, 3.05) is 0 Å². The van der Waals surface area contributed by atoms with Crippen LogP contribution in [0.2, 0.25) is 0 Å². The molecule has 3 nitrogen and oxygen atoms in total. The first-order valence-electron chi connectivity index (χ1n) is 6.25. The summed E-state index contributed by atoms with van der Waals surface area (Å²) in [5.74, 6) is 0.695. The highest BCUT2D eigenvalue weighted by molar-refractivity contribution is 9.10. The van der Waals surface area contributed by atoms with Crippen LogP contribution in [0.15, 0.2) is 47.1 Å². The summed E-state index contributed by atoms with van der Waals surface area (Å²) in [6.07, 6.45) is 5.56. The Morgan fingerprint density at radius 1 is 1.00 bits per heavy atom. The maximum absolute atomic E-state index is 4.60. The Kier molecular flexibility index (Phi) is 3.56. The highest BCUT2D eigenvalue weighted by Gasteiger charge is 1.98. The summed E-state index contributed by atoms with van der Waals surface area (Å²) in [5.41, 5.74) is 2.81. The molecular formula is C16H12BrN3. The molecule has 1 aromatic carbocycles. The van der Waals surface area contributed by atoms with Crippen LogP contribution in [-0.2, 0) is 0 Å². The Bertz CT molecular complexity index is 797. The number of hydrogen-bond donors (Lipinski definition) is 0. The van der Waals surface area contributed by atoms with E-state index in [4.69, 9.17) is 0 Å². The topological polar surface area (TPSA) is 38.7 Å². The van der Waals surface area contributed by atoms with E-state index >= 15 is 0 Å². The molecule has 0 spiro atoms. The van der Waals surface area contributed by atoms with Crippen LogP contribution in [0.3, 0.4) is 0 Å². The van der Waals surface area contributed by atoms with Gasteiger partial charge >= 0.3 is 0 Å². The van der Waals surface area contributed by atoms with Crippen LogP contribution in [0.4, 0.5) is 0 Å². The lowest BCUT2D eigenvalue weighted by Crippen LogP contribution is -1.89. The van der Waals surface area contributed by atoms with E-state index in [0.29, 0.717) is 5.82 Å². The van der Waals surface area contributed by atoms with Crippen molar-refractivity contribution in [1.82, 2.24) is 15.0 Å². The van der Waals surface area contributed by atoms with Crippen LogP contribution in [0.25, 0.3) is 23.1 Å². The lowest BCUT2D eigenvalue weighted by molar-refractivity contribution is 1.08. The van der Waals surface area contributed by atoms with Crippen molar-refractivity contribution in [1.29, 1.82) is 0 Å². The molecule has 2 heterocycles. The second-order valence-electron chi connectivity index (χ2n) is 4.46. The van der Waals surface area contributed by atoms with Crippen LogP contribution in [0.5, 0.6) is 0 Å². The van der Waals surface area contributed by atoms with E-state index in [9.17, 15) is 0 Å². The summed E-state index contributed by atoms with van der Waals surface area (Å²) >= 11 is 3.46. The summed E-state index contributed by atoms with van der Waals surface area (Å²) in [6, 6.07) is 12.0. The largest absolute Gasteiger partial charge is 0.248 e. The molecule has 3 aromatic rings. The lowest BCUT2D eigenvalue weighted by Gasteiger charge is -2.00. The third-order valence-electron chi connectivity index (χ3n) is 2.89. The predicted molar refractivity (Wildman–Crippen MR) is 85.1 cm³/mol. The Morgan fingerprint density at radius 2 is 1.85 bits per heavy atom. The van der Waals surface area contributed by atoms with E-state index in [-0.39, 0.29) is 0 Å². The second kappa shape index (κ2) is 5.51. The minimum Gasteiger partial charge on any atom is -0.248 e. The third-order valence-corrected chi connectivity index (χ3v) is 3.39. The number of aromatic nitrogens is 3. The minimum absolute atomic E-state index is 0.695. The average molecular weight is 326 g/mol. The van der Waals surface area contributed by atoms with Gasteiger partial charge in [-0.05, 0) is 43.3 Å². The first-order valence-corrected chi connectivity index (χ1v) is 7.04. The first kappa shape index (κ1) is 12.9. The van der Waals surface area contributed by atoms with Gasteiger partial charge in [0.25, 0.3) is 0 Å². The fourth-order valence-electron chi connectivity index (χ4n) is 1.91. The van der Waals surface area contributed by atoms with Crippen LogP contribution >= 0.6 is 15.9 Å². The van der Waals surface area contributed by atoms with Gasteiger partial charge in [-0.15, -0.1) is 0 Å². The molecular weight excluding hydrogens is 314 g/mol. The van der Waals surface area contributed by atoms with Crippen molar-refractivity contribution < 1.29 is 0 Å². The van der Waals surface area contributed by atoms with Crippen LogP contribution in [-0.4, -0.2) is 15.0 Å². The molecule has 0 aliphatic carbocycles. The fourth-order valence-corrected chi connectivity index (χ4v) is 2.26. The van der Waals surface area contributed by atoms with E-state index in [1.54, 1.807) is 6.20 Å². The molecule has 0 aliphatic heterocycles. The van der Waals surface area contributed by atoms with E-state index in [1.807, 2.05) is 49.4 Å². The van der Waals surface area contributed by atoms with Crippen molar-refractivity contribution in [2.45, 2.75) is 6.92 Å². The molecule has 0 radical (unpaired) electrons. The summed E-state index contributed by atoms with van der Waals surface area (Å²) in [4.78, 5) is 13.1. The van der Waals surface area contributed by atoms with Gasteiger partial charge in [-0.1, -0.05) is 28.1 Å². The number of fused-ring (bicyclic) bond motifs is 1. The zero-order valence-electron chi connectivity index (χ0n) is 10.9. The number of pyridine rings is 1.